The van der Waals surface area contributed by atoms with Gasteiger partial charge in [0.2, 0.25) is 0 Å². The molecule has 0 radical (unpaired) electrons. The molecule has 0 spiro atoms. The largest absolute Gasteiger partial charge is 0.497 e. The molecule has 0 unspecified atom stereocenters. The summed E-state index contributed by atoms with van der Waals surface area (Å²) in [5, 5.41) is 3.38. The smallest absolute Gasteiger partial charge is 0.277 e. The zero-order chi connectivity index (χ0) is 18.2. The molecule has 26 heavy (non-hydrogen) atoms. The van der Waals surface area contributed by atoms with Gasteiger partial charge in [-0.15, -0.1) is 0 Å². The molecule has 0 bridgehead atoms. The van der Waals surface area contributed by atoms with Crippen LogP contribution in [0.2, 0.25) is 0 Å². The van der Waals surface area contributed by atoms with Gasteiger partial charge in [-0.2, -0.15) is 0 Å². The van der Waals surface area contributed by atoms with Crippen molar-refractivity contribution >= 4 is 5.84 Å². The van der Waals surface area contributed by atoms with E-state index in [9.17, 15) is 0 Å². The third kappa shape index (κ3) is 4.76. The van der Waals surface area contributed by atoms with E-state index >= 15 is 0 Å². The number of nitrogens with one attached hydrogen (secondary N) is 2. The summed E-state index contributed by atoms with van der Waals surface area (Å²) in [6.07, 6.45) is 0. The monoisotopic (exact) mass is 355 g/mol. The lowest BCUT2D eigenvalue weighted by Crippen LogP contribution is -3.15. The molecule has 1 fully saturated rings. The topological polar surface area (TPSA) is 37.9 Å². The molecule has 138 valence electrons. The van der Waals surface area contributed by atoms with E-state index in [0.717, 1.165) is 50.8 Å². The van der Waals surface area contributed by atoms with Crippen molar-refractivity contribution in [3.63, 3.8) is 0 Å². The van der Waals surface area contributed by atoms with Crippen molar-refractivity contribution in [2.75, 3.05) is 53.5 Å². The van der Waals surface area contributed by atoms with Crippen LogP contribution in [0.5, 0.6) is 11.5 Å². The molecule has 5 nitrogen and oxygen atoms in total. The Morgan fingerprint density at radius 2 is 1.65 bits per heavy atom. The van der Waals surface area contributed by atoms with E-state index in [0.29, 0.717) is 0 Å². The second-order valence-electron chi connectivity index (χ2n) is 6.48. The highest BCUT2D eigenvalue weighted by Gasteiger charge is 2.23. The van der Waals surface area contributed by atoms with Gasteiger partial charge in [-0.3, -0.25) is 9.89 Å². The number of quaternary nitrogens is 1. The summed E-state index contributed by atoms with van der Waals surface area (Å²) in [5.74, 6) is 2.98. The van der Waals surface area contributed by atoms with Crippen molar-refractivity contribution in [3.8, 4) is 11.5 Å². The molecule has 2 N–H and O–H groups in total. The average molecular weight is 355 g/mol. The molecular formula is C21H29N3O2+2. The molecule has 2 aromatic rings. The molecule has 0 aromatic heterocycles. The van der Waals surface area contributed by atoms with Crippen LogP contribution in [-0.2, 0) is 0 Å². The van der Waals surface area contributed by atoms with Crippen LogP contribution >= 0.6 is 0 Å². The van der Waals surface area contributed by atoms with Gasteiger partial charge in [-0.1, -0.05) is 18.2 Å². The maximum Gasteiger partial charge on any atom is 0.277 e. The van der Waals surface area contributed by atoms with Gasteiger partial charge in [0.25, 0.3) is 5.84 Å². The van der Waals surface area contributed by atoms with Gasteiger partial charge in [-0.05, 0) is 36.4 Å². The predicted octanol–water partition coefficient (Wildman–Crippen LogP) is 0.651. The van der Waals surface area contributed by atoms with Crippen molar-refractivity contribution < 1.29 is 18.9 Å². The van der Waals surface area contributed by atoms with E-state index in [1.54, 1.807) is 12.0 Å². The highest BCUT2D eigenvalue weighted by atomic mass is 16.5. The van der Waals surface area contributed by atoms with Crippen LogP contribution in [0.3, 0.4) is 0 Å². The number of benzene rings is 2. The molecule has 1 heterocycles. The number of hydrogen-bond donors (Lipinski definition) is 2. The summed E-state index contributed by atoms with van der Waals surface area (Å²) in [4.78, 5) is 1.60. The number of amidine groups is 1. The zero-order valence-corrected chi connectivity index (χ0v) is 15.7. The van der Waals surface area contributed by atoms with Crippen LogP contribution in [0, 0.1) is 0 Å². The lowest BCUT2D eigenvalue weighted by Gasteiger charge is -2.25. The molecule has 1 aliphatic heterocycles. The standard InChI is InChI=1S/C21H27N3O2/c1-22-21(18-6-4-3-5-7-18)24-14-12-23(13-15-24)16-17-26-20-10-8-19(25-2)9-11-20/h3-11H,12-17H2,1-2H3/p+2. The second-order valence-corrected chi connectivity index (χ2v) is 6.48. The molecular weight excluding hydrogens is 326 g/mol. The fourth-order valence-corrected chi connectivity index (χ4v) is 3.36. The minimum atomic E-state index is 0.739. The maximum atomic E-state index is 5.87. The molecule has 0 aliphatic carbocycles. The SMILES string of the molecule is CNC(c1ccccc1)=[N+]1CC[NH+](CCOc2ccc(OC)cc2)CC1. The first-order valence-corrected chi connectivity index (χ1v) is 9.25. The lowest BCUT2D eigenvalue weighted by molar-refractivity contribution is -0.931. The third-order valence-electron chi connectivity index (χ3n) is 4.85. The van der Waals surface area contributed by atoms with Crippen molar-refractivity contribution in [1.29, 1.82) is 0 Å². The normalized spacial score (nSPS) is 16.8. The van der Waals surface area contributed by atoms with Crippen molar-refractivity contribution in [2.24, 2.45) is 0 Å². The van der Waals surface area contributed by atoms with Crippen LogP contribution in [-0.4, -0.2) is 63.9 Å². The first kappa shape index (κ1) is 18.3. The summed E-state index contributed by atoms with van der Waals surface area (Å²) in [6.45, 7) is 6.14. The van der Waals surface area contributed by atoms with Gasteiger partial charge < -0.3 is 14.4 Å². The van der Waals surface area contributed by atoms with Gasteiger partial charge in [0.15, 0.2) is 0 Å². The summed E-state index contributed by atoms with van der Waals surface area (Å²) in [5.41, 5.74) is 1.25. The summed E-state index contributed by atoms with van der Waals surface area (Å²) >= 11 is 0. The Bertz CT molecular complexity index is 704. The highest BCUT2D eigenvalue weighted by molar-refractivity contribution is 5.94. The number of ether oxygens (including phenoxy) is 2. The summed E-state index contributed by atoms with van der Waals surface area (Å²) in [6, 6.07) is 18.3. The van der Waals surface area contributed by atoms with Crippen LogP contribution < -0.4 is 19.7 Å². The highest BCUT2D eigenvalue weighted by Crippen LogP contribution is 2.16. The molecule has 1 aliphatic rings. The number of rotatable bonds is 6. The lowest BCUT2D eigenvalue weighted by atomic mass is 10.2. The van der Waals surface area contributed by atoms with Gasteiger partial charge in [0, 0.05) is 0 Å². The molecule has 0 amide bonds. The molecule has 2 aromatic carbocycles. The van der Waals surface area contributed by atoms with E-state index in [-0.39, 0.29) is 0 Å². The quantitative estimate of drug-likeness (QED) is 0.590. The fraction of sp³-hybridized carbons (Fsp3) is 0.381. The summed E-state index contributed by atoms with van der Waals surface area (Å²) in [7, 11) is 3.68. The summed E-state index contributed by atoms with van der Waals surface area (Å²) < 4.78 is 13.5. The van der Waals surface area contributed by atoms with E-state index in [2.05, 4.69) is 40.2 Å². The van der Waals surface area contributed by atoms with E-state index in [4.69, 9.17) is 9.47 Å². The van der Waals surface area contributed by atoms with Gasteiger partial charge in [-0.25, -0.2) is 0 Å². The molecule has 5 heteroatoms. The average Bonchev–Trinajstić information content (AvgIpc) is 2.71. The molecule has 1 saturated heterocycles. The Morgan fingerprint density at radius 3 is 2.27 bits per heavy atom. The minimum Gasteiger partial charge on any atom is -0.497 e. The third-order valence-corrected chi connectivity index (χ3v) is 4.85. The first-order chi connectivity index (χ1) is 12.8. The molecule has 3 rings (SSSR count). The number of hydrogen-bond acceptors (Lipinski definition) is 2. The van der Waals surface area contributed by atoms with Gasteiger partial charge in [0.1, 0.15) is 50.8 Å². The Hall–Kier alpha value is -2.53. The predicted molar refractivity (Wildman–Crippen MR) is 104 cm³/mol. The van der Waals surface area contributed by atoms with Crippen LogP contribution in [0.15, 0.2) is 54.6 Å². The second kappa shape index (κ2) is 9.25. The van der Waals surface area contributed by atoms with Crippen molar-refractivity contribution in [1.82, 2.24) is 5.32 Å². The Balaban J connectivity index is 1.48. The number of methoxy groups -OCH3 is 1. The van der Waals surface area contributed by atoms with Crippen LogP contribution in [0.4, 0.5) is 0 Å². The Kier molecular flexibility index (Phi) is 6.50. The minimum absolute atomic E-state index is 0.739. The maximum absolute atomic E-state index is 5.87. The number of nitrogens with zero attached hydrogens (tertiary/aromatic N) is 1. The van der Waals surface area contributed by atoms with Crippen LogP contribution in [0.25, 0.3) is 0 Å². The Morgan fingerprint density at radius 1 is 1.00 bits per heavy atom. The Labute approximate surface area is 155 Å². The molecule has 0 atom stereocenters. The van der Waals surface area contributed by atoms with Gasteiger partial charge >= 0.3 is 0 Å². The van der Waals surface area contributed by atoms with Crippen LogP contribution in [0.1, 0.15) is 5.56 Å². The van der Waals surface area contributed by atoms with Crippen molar-refractivity contribution in [3.05, 3.63) is 60.2 Å². The zero-order valence-electron chi connectivity index (χ0n) is 15.7. The number of piperazine rings is 1. The van der Waals surface area contributed by atoms with E-state index in [1.807, 2.05) is 31.3 Å². The molecule has 0 saturated carbocycles. The van der Waals surface area contributed by atoms with Crippen molar-refractivity contribution in [2.45, 2.75) is 0 Å². The first-order valence-electron chi connectivity index (χ1n) is 9.25. The fourth-order valence-electron chi connectivity index (χ4n) is 3.36. The van der Waals surface area contributed by atoms with E-state index in [1.165, 1.54) is 11.4 Å². The van der Waals surface area contributed by atoms with E-state index < -0.39 is 0 Å². The van der Waals surface area contributed by atoms with Gasteiger partial charge in [0.05, 0.1) is 19.7 Å².